The van der Waals surface area contributed by atoms with Crippen LogP contribution >= 0.6 is 0 Å². The van der Waals surface area contributed by atoms with Gasteiger partial charge in [-0.3, -0.25) is 14.6 Å². The number of morpholine rings is 1. The second kappa shape index (κ2) is 5.69. The van der Waals surface area contributed by atoms with Crippen molar-refractivity contribution in [3.05, 3.63) is 35.4 Å². The number of hydrogen-bond acceptors (Lipinski definition) is 4. The van der Waals surface area contributed by atoms with Crippen LogP contribution in [0.3, 0.4) is 0 Å². The van der Waals surface area contributed by atoms with Gasteiger partial charge in [0, 0.05) is 19.3 Å². The zero-order chi connectivity index (χ0) is 14.8. The number of rotatable bonds is 3. The van der Waals surface area contributed by atoms with Crippen LogP contribution in [-0.4, -0.2) is 50.5 Å². The van der Waals surface area contributed by atoms with Gasteiger partial charge in [0.2, 0.25) is 0 Å². The van der Waals surface area contributed by atoms with E-state index in [4.69, 9.17) is 4.74 Å². The van der Waals surface area contributed by atoms with Crippen molar-refractivity contribution in [2.75, 3.05) is 19.8 Å². The highest BCUT2D eigenvalue weighted by atomic mass is 16.5. The predicted molar refractivity (Wildman–Crippen MR) is 75.8 cm³/mol. The molecule has 2 aromatic heterocycles. The molecule has 0 spiro atoms. The minimum absolute atomic E-state index is 0.0167. The Morgan fingerprint density at radius 2 is 2.38 bits per heavy atom. The van der Waals surface area contributed by atoms with Gasteiger partial charge in [0.25, 0.3) is 5.91 Å². The van der Waals surface area contributed by atoms with E-state index in [9.17, 15) is 4.79 Å². The van der Waals surface area contributed by atoms with Gasteiger partial charge in [-0.2, -0.15) is 10.2 Å². The van der Waals surface area contributed by atoms with Crippen LogP contribution in [-0.2, 0) is 11.3 Å². The Balaban J connectivity index is 1.87. The number of aromatic nitrogens is 4. The van der Waals surface area contributed by atoms with Crippen molar-refractivity contribution in [3.8, 4) is 0 Å². The summed E-state index contributed by atoms with van der Waals surface area (Å²) in [6, 6.07) is -0.126. The van der Waals surface area contributed by atoms with Crippen LogP contribution in [0.25, 0.3) is 0 Å². The summed E-state index contributed by atoms with van der Waals surface area (Å²) < 4.78 is 7.30. The second-order valence-electron chi connectivity index (χ2n) is 5.14. The van der Waals surface area contributed by atoms with Crippen molar-refractivity contribution in [2.45, 2.75) is 26.4 Å². The average molecular weight is 289 g/mol. The molecule has 1 atom stereocenters. The Morgan fingerprint density at radius 1 is 1.52 bits per heavy atom. The fourth-order valence-electron chi connectivity index (χ4n) is 2.59. The molecule has 112 valence electrons. The number of amides is 1. The summed E-state index contributed by atoms with van der Waals surface area (Å²) in [7, 11) is 0. The maximum atomic E-state index is 12.7. The van der Waals surface area contributed by atoms with E-state index in [1.165, 1.54) is 0 Å². The Kier molecular flexibility index (Phi) is 3.74. The maximum Gasteiger partial charge on any atom is 0.257 e. The van der Waals surface area contributed by atoms with E-state index in [0.717, 1.165) is 17.8 Å². The highest BCUT2D eigenvalue weighted by Crippen LogP contribution is 2.26. The van der Waals surface area contributed by atoms with Gasteiger partial charge < -0.3 is 9.64 Å². The lowest BCUT2D eigenvalue weighted by Gasteiger charge is -2.35. The number of nitrogens with one attached hydrogen (secondary N) is 1. The minimum Gasteiger partial charge on any atom is -0.377 e. The van der Waals surface area contributed by atoms with Crippen LogP contribution in [0.2, 0.25) is 0 Å². The second-order valence-corrected chi connectivity index (χ2v) is 5.14. The van der Waals surface area contributed by atoms with Crippen LogP contribution in [0, 0.1) is 6.92 Å². The van der Waals surface area contributed by atoms with Crippen molar-refractivity contribution in [2.24, 2.45) is 0 Å². The van der Waals surface area contributed by atoms with Gasteiger partial charge in [-0.05, 0) is 19.4 Å². The summed E-state index contributed by atoms with van der Waals surface area (Å²) in [5, 5.41) is 11.2. The van der Waals surface area contributed by atoms with Crippen LogP contribution in [0.15, 0.2) is 18.6 Å². The Morgan fingerprint density at radius 3 is 3.05 bits per heavy atom. The standard InChI is InChI=1S/C14H19N5O2/c1-3-18-8-11(7-16-18)14(20)19-4-5-21-9-12(19)13-10(2)6-15-17-13/h6-8,12H,3-5,9H2,1-2H3,(H,15,17)/t12-/m1/s1. The van der Waals surface area contributed by atoms with Crippen molar-refractivity contribution in [1.82, 2.24) is 24.9 Å². The van der Waals surface area contributed by atoms with Crippen molar-refractivity contribution in [1.29, 1.82) is 0 Å². The summed E-state index contributed by atoms with van der Waals surface area (Å²) in [5.74, 6) is -0.0167. The van der Waals surface area contributed by atoms with Crippen LogP contribution in [0.1, 0.15) is 34.6 Å². The van der Waals surface area contributed by atoms with Gasteiger partial charge in [-0.25, -0.2) is 0 Å². The highest BCUT2D eigenvalue weighted by Gasteiger charge is 2.31. The van der Waals surface area contributed by atoms with E-state index >= 15 is 0 Å². The van der Waals surface area contributed by atoms with Gasteiger partial charge >= 0.3 is 0 Å². The number of H-pyrrole nitrogens is 1. The van der Waals surface area contributed by atoms with Crippen molar-refractivity contribution >= 4 is 5.91 Å². The fourth-order valence-corrected chi connectivity index (χ4v) is 2.59. The van der Waals surface area contributed by atoms with E-state index in [1.807, 2.05) is 18.7 Å². The number of carbonyl (C=O) groups excluding carboxylic acids is 1. The number of hydrogen-bond donors (Lipinski definition) is 1. The minimum atomic E-state index is -0.126. The number of carbonyl (C=O) groups is 1. The first-order valence-corrected chi connectivity index (χ1v) is 7.11. The number of aryl methyl sites for hydroxylation is 2. The Bertz CT molecular complexity index is 633. The molecule has 3 heterocycles. The monoisotopic (exact) mass is 289 g/mol. The molecule has 3 rings (SSSR count). The van der Waals surface area contributed by atoms with Gasteiger partial charge in [-0.15, -0.1) is 0 Å². The molecule has 21 heavy (non-hydrogen) atoms. The molecule has 0 aromatic carbocycles. The molecule has 0 aliphatic carbocycles. The molecular formula is C14H19N5O2. The molecule has 1 saturated heterocycles. The summed E-state index contributed by atoms with van der Waals surface area (Å²) in [4.78, 5) is 14.6. The quantitative estimate of drug-likeness (QED) is 0.919. The normalized spacial score (nSPS) is 19.0. The molecule has 0 bridgehead atoms. The number of ether oxygens (including phenoxy) is 1. The molecule has 2 aromatic rings. The topological polar surface area (TPSA) is 76.0 Å². The molecule has 0 saturated carbocycles. The third-order valence-electron chi connectivity index (χ3n) is 3.79. The first-order chi connectivity index (χ1) is 10.2. The average Bonchev–Trinajstić information content (AvgIpc) is 3.15. The third-order valence-corrected chi connectivity index (χ3v) is 3.79. The van der Waals surface area contributed by atoms with Crippen molar-refractivity contribution < 1.29 is 9.53 Å². The maximum absolute atomic E-state index is 12.7. The van der Waals surface area contributed by atoms with E-state index in [2.05, 4.69) is 15.3 Å². The first kappa shape index (κ1) is 13.8. The van der Waals surface area contributed by atoms with Gasteiger partial charge in [0.15, 0.2) is 0 Å². The molecule has 0 radical (unpaired) electrons. The fraction of sp³-hybridized carbons (Fsp3) is 0.500. The molecule has 0 unspecified atom stereocenters. The SMILES string of the molecule is CCn1cc(C(=O)N2CCOC[C@@H]2c2[nH]ncc2C)cn1. The van der Waals surface area contributed by atoms with E-state index in [0.29, 0.717) is 25.3 Å². The lowest BCUT2D eigenvalue weighted by atomic mass is 10.1. The molecule has 7 nitrogen and oxygen atoms in total. The molecular weight excluding hydrogens is 270 g/mol. The smallest absolute Gasteiger partial charge is 0.257 e. The lowest BCUT2D eigenvalue weighted by Crippen LogP contribution is -2.43. The zero-order valence-electron chi connectivity index (χ0n) is 12.2. The van der Waals surface area contributed by atoms with Gasteiger partial charge in [0.1, 0.15) is 0 Å². The molecule has 7 heteroatoms. The molecule has 1 fully saturated rings. The summed E-state index contributed by atoms with van der Waals surface area (Å²) in [6.07, 6.45) is 5.18. The predicted octanol–water partition coefficient (Wildman–Crippen LogP) is 1.15. The van der Waals surface area contributed by atoms with Gasteiger partial charge in [0.05, 0.1) is 42.9 Å². The van der Waals surface area contributed by atoms with Gasteiger partial charge in [-0.1, -0.05) is 0 Å². The van der Waals surface area contributed by atoms with Crippen molar-refractivity contribution in [3.63, 3.8) is 0 Å². The molecule has 1 aliphatic heterocycles. The van der Waals surface area contributed by atoms with E-state index in [-0.39, 0.29) is 11.9 Å². The Hall–Kier alpha value is -2.15. The summed E-state index contributed by atoms with van der Waals surface area (Å²) in [5.41, 5.74) is 2.58. The summed E-state index contributed by atoms with van der Waals surface area (Å²) >= 11 is 0. The van der Waals surface area contributed by atoms with Crippen LogP contribution in [0.5, 0.6) is 0 Å². The first-order valence-electron chi connectivity index (χ1n) is 7.11. The Labute approximate surface area is 122 Å². The molecule has 1 N–H and O–H groups in total. The van der Waals surface area contributed by atoms with Crippen LogP contribution in [0.4, 0.5) is 0 Å². The van der Waals surface area contributed by atoms with Crippen LogP contribution < -0.4 is 0 Å². The van der Waals surface area contributed by atoms with E-state index in [1.54, 1.807) is 23.3 Å². The highest BCUT2D eigenvalue weighted by molar-refractivity contribution is 5.94. The lowest BCUT2D eigenvalue weighted by molar-refractivity contribution is -0.00408. The third kappa shape index (κ3) is 2.56. The molecule has 1 amide bonds. The number of aromatic amines is 1. The summed E-state index contributed by atoms with van der Waals surface area (Å²) in [6.45, 7) is 6.32. The molecule has 1 aliphatic rings. The zero-order valence-corrected chi connectivity index (χ0v) is 12.2. The largest absolute Gasteiger partial charge is 0.377 e. The number of nitrogens with zero attached hydrogens (tertiary/aromatic N) is 4. The van der Waals surface area contributed by atoms with E-state index < -0.39 is 0 Å².